The van der Waals surface area contributed by atoms with Crippen molar-refractivity contribution in [2.75, 3.05) is 12.3 Å². The van der Waals surface area contributed by atoms with Crippen molar-refractivity contribution in [2.45, 2.75) is 57.4 Å². The van der Waals surface area contributed by atoms with Crippen molar-refractivity contribution in [1.29, 1.82) is 0 Å². The Bertz CT molecular complexity index is 722. The summed E-state index contributed by atoms with van der Waals surface area (Å²) in [6.45, 7) is 4.73. The normalized spacial score (nSPS) is 23.2. The van der Waals surface area contributed by atoms with Crippen LogP contribution in [0.4, 0.5) is 0 Å². The summed E-state index contributed by atoms with van der Waals surface area (Å²) >= 11 is 14.1. The fourth-order valence-electron chi connectivity index (χ4n) is 3.99. The molecule has 1 heterocycles. The molecular weight excluding hydrogens is 415 g/mol. The van der Waals surface area contributed by atoms with E-state index in [1.54, 1.807) is 34.9 Å². The summed E-state index contributed by atoms with van der Waals surface area (Å²) in [5.74, 6) is 1.17. The van der Waals surface area contributed by atoms with Crippen LogP contribution < -0.4 is 5.32 Å². The molecule has 28 heavy (non-hydrogen) atoms. The van der Waals surface area contributed by atoms with Crippen LogP contribution in [0.2, 0.25) is 10.0 Å². The molecular formula is C21H28Cl2N2O2S. The first-order valence-corrected chi connectivity index (χ1v) is 11.9. The van der Waals surface area contributed by atoms with Crippen LogP contribution in [0.1, 0.15) is 56.3 Å². The first-order chi connectivity index (χ1) is 13.4. The zero-order valence-electron chi connectivity index (χ0n) is 16.4. The average molecular weight is 443 g/mol. The van der Waals surface area contributed by atoms with E-state index >= 15 is 0 Å². The van der Waals surface area contributed by atoms with Crippen molar-refractivity contribution in [1.82, 2.24) is 10.2 Å². The van der Waals surface area contributed by atoms with E-state index in [2.05, 4.69) is 19.2 Å². The van der Waals surface area contributed by atoms with Gasteiger partial charge in [0.15, 0.2) is 0 Å². The van der Waals surface area contributed by atoms with E-state index in [4.69, 9.17) is 23.2 Å². The number of carbonyl (C=O) groups excluding carboxylic acids is 2. The lowest BCUT2D eigenvalue weighted by Crippen LogP contribution is -2.52. The van der Waals surface area contributed by atoms with Crippen LogP contribution in [0.5, 0.6) is 0 Å². The van der Waals surface area contributed by atoms with Crippen LogP contribution in [0.3, 0.4) is 0 Å². The summed E-state index contributed by atoms with van der Waals surface area (Å²) in [4.78, 5) is 28.2. The monoisotopic (exact) mass is 442 g/mol. The Kier molecular flexibility index (Phi) is 7.57. The number of rotatable bonds is 5. The van der Waals surface area contributed by atoms with E-state index in [0.29, 0.717) is 39.7 Å². The number of benzene rings is 1. The quantitative estimate of drug-likeness (QED) is 0.678. The highest BCUT2D eigenvalue weighted by molar-refractivity contribution is 8.00. The molecule has 1 aromatic carbocycles. The maximum Gasteiger partial charge on any atom is 0.256 e. The van der Waals surface area contributed by atoms with Gasteiger partial charge in [0.05, 0.1) is 16.0 Å². The number of hydrogen-bond acceptors (Lipinski definition) is 3. The zero-order valence-corrected chi connectivity index (χ0v) is 18.7. The van der Waals surface area contributed by atoms with Crippen LogP contribution in [0, 0.1) is 11.8 Å². The van der Waals surface area contributed by atoms with Gasteiger partial charge in [-0.05, 0) is 42.9 Å². The molecule has 1 N–H and O–H groups in total. The van der Waals surface area contributed by atoms with E-state index in [1.165, 1.54) is 19.3 Å². The molecule has 1 aliphatic carbocycles. The summed E-state index contributed by atoms with van der Waals surface area (Å²) < 4.78 is 0. The van der Waals surface area contributed by atoms with E-state index in [0.717, 1.165) is 12.8 Å². The second-order valence-corrected chi connectivity index (χ2v) is 10.1. The maximum atomic E-state index is 13.5. The van der Waals surface area contributed by atoms with E-state index in [-0.39, 0.29) is 17.2 Å². The van der Waals surface area contributed by atoms with E-state index < -0.39 is 6.04 Å². The number of halogens is 2. The second-order valence-electron chi connectivity index (χ2n) is 8.11. The standard InChI is InChI=1S/C21H28Cl2N2O2S/c1-13(2)11-24-19(26)18-12-28-21(14-6-4-3-5-7-14)25(18)20(27)16-9-8-15(22)10-17(16)23/h8-10,13-14,18,21H,3-7,11-12H2,1-2H3,(H,24,26). The molecule has 1 aromatic rings. The number of thioether (sulfide) groups is 1. The fourth-order valence-corrected chi connectivity index (χ4v) is 6.12. The van der Waals surface area contributed by atoms with Gasteiger partial charge in [0, 0.05) is 17.3 Å². The molecule has 4 nitrogen and oxygen atoms in total. The van der Waals surface area contributed by atoms with Gasteiger partial charge >= 0.3 is 0 Å². The Morgan fingerprint density at radius 2 is 1.93 bits per heavy atom. The van der Waals surface area contributed by atoms with Crippen LogP contribution in [-0.2, 0) is 4.79 Å². The molecule has 0 spiro atoms. The predicted molar refractivity (Wildman–Crippen MR) is 117 cm³/mol. The number of amides is 2. The third-order valence-electron chi connectivity index (χ3n) is 5.47. The molecule has 3 rings (SSSR count). The number of nitrogens with zero attached hydrogens (tertiary/aromatic N) is 1. The predicted octanol–water partition coefficient (Wildman–Crippen LogP) is 5.23. The molecule has 1 saturated heterocycles. The maximum absolute atomic E-state index is 13.5. The van der Waals surface area contributed by atoms with Gasteiger partial charge < -0.3 is 10.2 Å². The van der Waals surface area contributed by atoms with Crippen LogP contribution in [-0.4, -0.2) is 40.4 Å². The lowest BCUT2D eigenvalue weighted by molar-refractivity contribution is -0.125. The Labute approximate surface area is 181 Å². The summed E-state index contributed by atoms with van der Waals surface area (Å²) in [5, 5.41) is 3.85. The lowest BCUT2D eigenvalue weighted by Gasteiger charge is -2.35. The SMILES string of the molecule is CC(C)CNC(=O)C1CSC(C2CCCCC2)N1C(=O)c1ccc(Cl)cc1Cl. The number of nitrogens with one attached hydrogen (secondary N) is 1. The summed E-state index contributed by atoms with van der Waals surface area (Å²) in [6.07, 6.45) is 5.85. The molecule has 154 valence electrons. The molecule has 0 radical (unpaired) electrons. The smallest absolute Gasteiger partial charge is 0.256 e. The van der Waals surface area contributed by atoms with Crippen molar-refractivity contribution in [3.05, 3.63) is 33.8 Å². The minimum Gasteiger partial charge on any atom is -0.354 e. The molecule has 1 saturated carbocycles. The Morgan fingerprint density at radius 3 is 2.57 bits per heavy atom. The van der Waals surface area contributed by atoms with Crippen LogP contribution in [0.15, 0.2) is 18.2 Å². The molecule has 2 aliphatic rings. The number of carbonyl (C=O) groups is 2. The van der Waals surface area contributed by atoms with Gasteiger partial charge in [-0.1, -0.05) is 56.3 Å². The van der Waals surface area contributed by atoms with Crippen molar-refractivity contribution in [3.63, 3.8) is 0 Å². The second kappa shape index (κ2) is 9.73. The summed E-state index contributed by atoms with van der Waals surface area (Å²) in [5.41, 5.74) is 0.413. The molecule has 2 fully saturated rings. The molecule has 2 amide bonds. The molecule has 7 heteroatoms. The Morgan fingerprint density at radius 1 is 1.21 bits per heavy atom. The number of hydrogen-bond donors (Lipinski definition) is 1. The summed E-state index contributed by atoms with van der Waals surface area (Å²) in [6, 6.07) is 4.46. The van der Waals surface area contributed by atoms with Crippen LogP contribution >= 0.6 is 35.0 Å². The fraction of sp³-hybridized carbons (Fsp3) is 0.619. The minimum absolute atomic E-state index is 0.0225. The van der Waals surface area contributed by atoms with Crippen LogP contribution in [0.25, 0.3) is 0 Å². The van der Waals surface area contributed by atoms with Gasteiger partial charge in [-0.2, -0.15) is 0 Å². The average Bonchev–Trinajstić information content (AvgIpc) is 3.11. The van der Waals surface area contributed by atoms with Crippen molar-refractivity contribution < 1.29 is 9.59 Å². The van der Waals surface area contributed by atoms with Crippen molar-refractivity contribution in [2.24, 2.45) is 11.8 Å². The first-order valence-electron chi connectivity index (χ1n) is 10.1. The first kappa shape index (κ1) is 21.8. The summed E-state index contributed by atoms with van der Waals surface area (Å²) in [7, 11) is 0. The highest BCUT2D eigenvalue weighted by atomic mass is 35.5. The van der Waals surface area contributed by atoms with Crippen molar-refractivity contribution >= 4 is 46.8 Å². The van der Waals surface area contributed by atoms with Gasteiger partial charge in [0.2, 0.25) is 5.91 Å². The van der Waals surface area contributed by atoms with Gasteiger partial charge in [-0.15, -0.1) is 11.8 Å². The van der Waals surface area contributed by atoms with Crippen molar-refractivity contribution in [3.8, 4) is 0 Å². The Hall–Kier alpha value is -0.910. The highest BCUT2D eigenvalue weighted by Crippen LogP contribution is 2.41. The van der Waals surface area contributed by atoms with E-state index in [9.17, 15) is 9.59 Å². The highest BCUT2D eigenvalue weighted by Gasteiger charge is 2.45. The molecule has 2 unspecified atom stereocenters. The van der Waals surface area contributed by atoms with Gasteiger partial charge in [0.1, 0.15) is 6.04 Å². The van der Waals surface area contributed by atoms with Gasteiger partial charge in [-0.25, -0.2) is 0 Å². The topological polar surface area (TPSA) is 49.4 Å². The molecule has 1 aliphatic heterocycles. The molecule has 2 atom stereocenters. The molecule has 0 bridgehead atoms. The van der Waals surface area contributed by atoms with Gasteiger partial charge in [-0.3, -0.25) is 9.59 Å². The largest absolute Gasteiger partial charge is 0.354 e. The third kappa shape index (κ3) is 4.98. The molecule has 0 aromatic heterocycles. The zero-order chi connectivity index (χ0) is 20.3. The third-order valence-corrected chi connectivity index (χ3v) is 7.48. The minimum atomic E-state index is -0.463. The Balaban J connectivity index is 1.87. The van der Waals surface area contributed by atoms with E-state index in [1.807, 2.05) is 0 Å². The van der Waals surface area contributed by atoms with Gasteiger partial charge in [0.25, 0.3) is 5.91 Å². The lowest BCUT2D eigenvalue weighted by atomic mass is 9.88.